The molecule has 0 saturated carbocycles. The van der Waals surface area contributed by atoms with Gasteiger partial charge in [-0.2, -0.15) is 0 Å². The molecule has 0 spiro atoms. The van der Waals surface area contributed by atoms with Crippen molar-refractivity contribution in [3.05, 3.63) is 81.0 Å². The number of esters is 1. The van der Waals surface area contributed by atoms with Gasteiger partial charge in [-0.1, -0.05) is 32.0 Å². The van der Waals surface area contributed by atoms with Crippen LogP contribution in [0.25, 0.3) is 0 Å². The van der Waals surface area contributed by atoms with Gasteiger partial charge in [0.25, 0.3) is 11.6 Å². The summed E-state index contributed by atoms with van der Waals surface area (Å²) in [6, 6.07) is 11.9. The molecule has 0 fully saturated rings. The van der Waals surface area contributed by atoms with Gasteiger partial charge in [-0.3, -0.25) is 14.9 Å². The summed E-state index contributed by atoms with van der Waals surface area (Å²) < 4.78 is 5.50. The maximum atomic E-state index is 13.0. The third kappa shape index (κ3) is 5.57. The topological polar surface area (TPSA) is 114 Å². The highest BCUT2D eigenvalue weighted by Gasteiger charge is 2.33. The fourth-order valence-electron chi connectivity index (χ4n) is 3.43. The molecule has 34 heavy (non-hydrogen) atoms. The molecule has 1 aliphatic rings. The van der Waals surface area contributed by atoms with E-state index in [1.54, 1.807) is 37.1 Å². The first-order chi connectivity index (χ1) is 16.1. The van der Waals surface area contributed by atoms with Crippen LogP contribution in [0, 0.1) is 16.0 Å². The maximum absolute atomic E-state index is 13.0. The molecule has 2 N–H and O–H groups in total. The molecule has 0 saturated heterocycles. The van der Waals surface area contributed by atoms with Gasteiger partial charge in [-0.25, -0.2) is 4.79 Å². The van der Waals surface area contributed by atoms with Crippen molar-refractivity contribution in [1.82, 2.24) is 10.2 Å². The largest absolute Gasteiger partial charge is 0.462 e. The third-order valence-corrected chi connectivity index (χ3v) is 5.71. The first-order valence-electron chi connectivity index (χ1n) is 10.7. The summed E-state index contributed by atoms with van der Waals surface area (Å²) in [4.78, 5) is 37.8. The number of rotatable bonds is 7. The number of nitro groups is 1. The summed E-state index contributed by atoms with van der Waals surface area (Å²) in [5.74, 6) is -0.744. The molecule has 1 atom stereocenters. The second-order valence-corrected chi connectivity index (χ2v) is 8.71. The minimum absolute atomic E-state index is 0.159. The lowest BCUT2D eigenvalue weighted by Gasteiger charge is -2.35. The van der Waals surface area contributed by atoms with Crippen LogP contribution in [0.1, 0.15) is 42.7 Å². The first kappa shape index (κ1) is 24.8. The Morgan fingerprint density at radius 1 is 1.24 bits per heavy atom. The quantitative estimate of drug-likeness (QED) is 0.261. The lowest BCUT2D eigenvalue weighted by Crippen LogP contribution is -2.46. The molecular weight excluding hydrogens is 456 g/mol. The van der Waals surface area contributed by atoms with Crippen LogP contribution >= 0.6 is 12.2 Å². The zero-order valence-electron chi connectivity index (χ0n) is 19.3. The average Bonchev–Trinajstić information content (AvgIpc) is 2.81. The number of nitrogens with one attached hydrogen (secondary N) is 2. The van der Waals surface area contributed by atoms with Gasteiger partial charge in [-0.15, -0.1) is 0 Å². The maximum Gasteiger partial charge on any atom is 0.338 e. The number of carbonyl (C=O) groups is 2. The van der Waals surface area contributed by atoms with E-state index in [1.165, 1.54) is 24.3 Å². The number of ether oxygens (including phenoxy) is 1. The Labute approximate surface area is 202 Å². The predicted molar refractivity (Wildman–Crippen MR) is 132 cm³/mol. The van der Waals surface area contributed by atoms with Gasteiger partial charge in [0, 0.05) is 36.1 Å². The molecule has 2 aromatic carbocycles. The van der Waals surface area contributed by atoms with Crippen LogP contribution in [0.4, 0.5) is 11.4 Å². The van der Waals surface area contributed by atoms with Crippen LogP contribution in [-0.4, -0.2) is 40.5 Å². The lowest BCUT2D eigenvalue weighted by molar-refractivity contribution is -0.384. The van der Waals surface area contributed by atoms with Crippen LogP contribution in [-0.2, 0) is 9.53 Å². The Kier molecular flexibility index (Phi) is 7.62. The molecule has 1 aliphatic heterocycles. The number of benzene rings is 2. The van der Waals surface area contributed by atoms with E-state index in [0.29, 0.717) is 27.6 Å². The number of non-ortho nitro benzene ring substituents is 1. The van der Waals surface area contributed by atoms with E-state index in [9.17, 15) is 19.7 Å². The summed E-state index contributed by atoms with van der Waals surface area (Å²) in [6.45, 7) is 6.01. The Morgan fingerprint density at radius 2 is 1.94 bits per heavy atom. The summed E-state index contributed by atoms with van der Waals surface area (Å²) in [6.07, 6.45) is 0. The van der Waals surface area contributed by atoms with Crippen molar-refractivity contribution in [2.75, 3.05) is 19.0 Å². The molecule has 0 aliphatic carbocycles. The van der Waals surface area contributed by atoms with E-state index < -0.39 is 22.8 Å². The van der Waals surface area contributed by atoms with Gasteiger partial charge in [0.05, 0.1) is 23.1 Å². The van der Waals surface area contributed by atoms with Gasteiger partial charge >= 0.3 is 5.97 Å². The molecule has 1 unspecified atom stereocenters. The Balaban J connectivity index is 1.90. The van der Waals surface area contributed by atoms with E-state index in [1.807, 2.05) is 19.9 Å². The Morgan fingerprint density at radius 3 is 2.62 bits per heavy atom. The van der Waals surface area contributed by atoms with Gasteiger partial charge in [0.2, 0.25) is 0 Å². The molecule has 9 nitrogen and oxygen atoms in total. The highest BCUT2D eigenvalue weighted by atomic mass is 32.1. The van der Waals surface area contributed by atoms with Gasteiger partial charge < -0.3 is 20.3 Å². The van der Waals surface area contributed by atoms with E-state index in [-0.39, 0.29) is 23.8 Å². The summed E-state index contributed by atoms with van der Waals surface area (Å²) >= 11 is 5.43. The monoisotopic (exact) mass is 482 g/mol. The van der Waals surface area contributed by atoms with E-state index >= 15 is 0 Å². The number of allylic oxidation sites excluding steroid dienone is 1. The van der Waals surface area contributed by atoms with Gasteiger partial charge in [0.1, 0.15) is 0 Å². The van der Waals surface area contributed by atoms with E-state index in [2.05, 4.69) is 10.6 Å². The lowest BCUT2D eigenvalue weighted by atomic mass is 9.94. The van der Waals surface area contributed by atoms with Crippen molar-refractivity contribution in [3.63, 3.8) is 0 Å². The number of nitrogens with zero attached hydrogens (tertiary/aromatic N) is 2. The molecule has 0 radical (unpaired) electrons. The number of amides is 1. The second kappa shape index (κ2) is 10.4. The molecule has 1 heterocycles. The van der Waals surface area contributed by atoms with Crippen molar-refractivity contribution < 1.29 is 19.2 Å². The summed E-state index contributed by atoms with van der Waals surface area (Å²) in [7, 11) is 1.77. The normalized spacial score (nSPS) is 15.7. The minimum atomic E-state index is -0.571. The Hall–Kier alpha value is -3.79. The number of nitro benzene ring substituents is 1. The number of thiocarbonyl (C=S) groups is 1. The summed E-state index contributed by atoms with van der Waals surface area (Å²) in [5, 5.41) is 17.4. The zero-order chi connectivity index (χ0) is 25.0. The smallest absolute Gasteiger partial charge is 0.338 e. The van der Waals surface area contributed by atoms with Crippen molar-refractivity contribution in [1.29, 1.82) is 0 Å². The van der Waals surface area contributed by atoms with Crippen molar-refractivity contribution in [3.8, 4) is 0 Å². The van der Waals surface area contributed by atoms with Crippen LogP contribution in [0.2, 0.25) is 0 Å². The molecule has 0 bridgehead atoms. The zero-order valence-corrected chi connectivity index (χ0v) is 20.1. The number of hydrogen-bond donors (Lipinski definition) is 2. The van der Waals surface area contributed by atoms with Crippen molar-refractivity contribution >= 4 is 40.6 Å². The molecule has 1 amide bonds. The fraction of sp³-hybridized carbons (Fsp3) is 0.292. The van der Waals surface area contributed by atoms with Crippen LogP contribution in [0.5, 0.6) is 0 Å². The van der Waals surface area contributed by atoms with Gasteiger partial charge in [0.15, 0.2) is 5.11 Å². The fourth-order valence-corrected chi connectivity index (χ4v) is 3.68. The van der Waals surface area contributed by atoms with Crippen molar-refractivity contribution in [2.24, 2.45) is 5.92 Å². The highest BCUT2D eigenvalue weighted by Crippen LogP contribution is 2.32. The molecule has 0 aromatic heterocycles. The molecular formula is C24H26N4O5S. The molecule has 2 aromatic rings. The standard InChI is InChI=1S/C24H26N4O5S/c1-14(2)13-33-23(30)20-15(3)27(4)24(34)26-21(20)16-7-5-9-18(11-16)25-22(29)17-8-6-10-19(12-17)28(31)32/h5-12,14,21H,13H2,1-4H3,(H,25,29)(H,26,34). The number of carbonyl (C=O) groups excluding carboxylic acids is 2. The molecule has 3 rings (SSSR count). The van der Waals surface area contributed by atoms with Crippen LogP contribution in [0.15, 0.2) is 59.8 Å². The number of anilines is 1. The van der Waals surface area contributed by atoms with Crippen LogP contribution < -0.4 is 10.6 Å². The Bertz CT molecular complexity index is 1180. The van der Waals surface area contributed by atoms with Gasteiger partial charge in [-0.05, 0) is 48.8 Å². The highest BCUT2D eigenvalue weighted by molar-refractivity contribution is 7.80. The van der Waals surface area contributed by atoms with Crippen LogP contribution in [0.3, 0.4) is 0 Å². The van der Waals surface area contributed by atoms with E-state index in [4.69, 9.17) is 17.0 Å². The second-order valence-electron chi connectivity index (χ2n) is 8.32. The average molecular weight is 483 g/mol. The third-order valence-electron chi connectivity index (χ3n) is 5.32. The molecule has 10 heteroatoms. The van der Waals surface area contributed by atoms with Crippen molar-refractivity contribution in [2.45, 2.75) is 26.8 Å². The van der Waals surface area contributed by atoms with E-state index in [0.717, 1.165) is 0 Å². The predicted octanol–water partition coefficient (Wildman–Crippen LogP) is 4.18. The number of hydrogen-bond acceptors (Lipinski definition) is 6. The summed E-state index contributed by atoms with van der Waals surface area (Å²) in [5.41, 5.74) is 2.26. The molecule has 178 valence electrons. The first-order valence-corrected chi connectivity index (χ1v) is 11.1. The SMILES string of the molecule is CC1=C(C(=O)OCC(C)C)C(c2cccc(NC(=O)c3cccc([N+](=O)[O-])c3)c2)NC(=S)N1C. The minimum Gasteiger partial charge on any atom is -0.462 e.